The van der Waals surface area contributed by atoms with Crippen molar-refractivity contribution in [3.8, 4) is 17.2 Å². The predicted octanol–water partition coefficient (Wildman–Crippen LogP) is 2.67. The van der Waals surface area contributed by atoms with Gasteiger partial charge in [-0.1, -0.05) is 6.08 Å². The average molecular weight is 302 g/mol. The van der Waals surface area contributed by atoms with Crippen molar-refractivity contribution >= 4 is 17.6 Å². The van der Waals surface area contributed by atoms with Gasteiger partial charge in [-0.05, 0) is 24.1 Å². The van der Waals surface area contributed by atoms with Crippen molar-refractivity contribution in [2.24, 2.45) is 0 Å². The van der Waals surface area contributed by atoms with Gasteiger partial charge in [0.25, 0.3) is 0 Å². The highest BCUT2D eigenvalue weighted by Crippen LogP contribution is 2.34. The number of phenolic OH excluding ortho intramolecular Hbond substituents is 1. The Bertz CT molecular complexity index is 630. The van der Waals surface area contributed by atoms with Crippen molar-refractivity contribution < 1.29 is 24.2 Å². The minimum absolute atomic E-state index is 0.0191. The van der Waals surface area contributed by atoms with E-state index in [1.807, 2.05) is 0 Å². The Hall–Kier alpha value is -2.56. The van der Waals surface area contributed by atoms with Crippen LogP contribution in [0.25, 0.3) is 6.08 Å². The fourth-order valence-electron chi connectivity index (χ4n) is 2.29. The number of benzene rings is 1. The van der Waals surface area contributed by atoms with Gasteiger partial charge in [-0.15, -0.1) is 0 Å². The van der Waals surface area contributed by atoms with Crippen molar-refractivity contribution in [2.45, 2.75) is 19.3 Å². The minimum atomic E-state index is -0.135. The van der Waals surface area contributed by atoms with Gasteiger partial charge in [0.2, 0.25) is 0 Å². The maximum atomic E-state index is 12.1. The van der Waals surface area contributed by atoms with Crippen molar-refractivity contribution in [1.29, 1.82) is 0 Å². The number of ether oxygens (including phenoxy) is 2. The van der Waals surface area contributed by atoms with Gasteiger partial charge in [-0.25, -0.2) is 0 Å². The first-order valence-corrected chi connectivity index (χ1v) is 6.93. The number of carbonyl (C=O) groups is 2. The molecule has 1 N–H and O–H groups in total. The van der Waals surface area contributed by atoms with E-state index in [-0.39, 0.29) is 17.3 Å². The van der Waals surface area contributed by atoms with E-state index in [1.165, 1.54) is 32.4 Å². The predicted molar refractivity (Wildman–Crippen MR) is 82.2 cm³/mol. The lowest BCUT2D eigenvalue weighted by atomic mass is 9.95. The molecule has 1 aliphatic carbocycles. The SMILES string of the molecule is COc1cc(O)cc(OC)c1C=CC(=O)C1=CCC(=O)CC1. The molecule has 2 rings (SSSR count). The lowest BCUT2D eigenvalue weighted by Gasteiger charge is -2.11. The molecular formula is C17H18O5. The summed E-state index contributed by atoms with van der Waals surface area (Å²) >= 11 is 0. The largest absolute Gasteiger partial charge is 0.508 e. The molecule has 22 heavy (non-hydrogen) atoms. The molecule has 0 unspecified atom stereocenters. The van der Waals surface area contributed by atoms with E-state index in [4.69, 9.17) is 9.47 Å². The Balaban J connectivity index is 2.26. The summed E-state index contributed by atoms with van der Waals surface area (Å²) in [6.07, 6.45) is 5.92. The number of hydrogen-bond acceptors (Lipinski definition) is 5. The second-order valence-electron chi connectivity index (χ2n) is 4.93. The molecule has 0 radical (unpaired) electrons. The number of ketones is 2. The summed E-state index contributed by atoms with van der Waals surface area (Å²) in [7, 11) is 2.95. The van der Waals surface area contributed by atoms with Crippen LogP contribution in [0.3, 0.4) is 0 Å². The minimum Gasteiger partial charge on any atom is -0.508 e. The van der Waals surface area contributed by atoms with Crippen LogP contribution in [0.1, 0.15) is 24.8 Å². The van der Waals surface area contributed by atoms with Crippen molar-refractivity contribution in [3.63, 3.8) is 0 Å². The molecule has 0 aromatic heterocycles. The number of carbonyl (C=O) groups excluding carboxylic acids is 2. The molecule has 1 aliphatic rings. The molecule has 1 aromatic carbocycles. The quantitative estimate of drug-likeness (QED) is 0.847. The molecule has 5 nitrogen and oxygen atoms in total. The number of aromatic hydroxyl groups is 1. The number of allylic oxidation sites excluding steroid dienone is 3. The van der Waals surface area contributed by atoms with Crippen LogP contribution in [-0.2, 0) is 9.59 Å². The Labute approximate surface area is 128 Å². The lowest BCUT2D eigenvalue weighted by Crippen LogP contribution is -2.09. The molecular weight excluding hydrogens is 284 g/mol. The smallest absolute Gasteiger partial charge is 0.181 e. The van der Waals surface area contributed by atoms with Crippen LogP contribution in [0.5, 0.6) is 17.2 Å². The van der Waals surface area contributed by atoms with Crippen LogP contribution < -0.4 is 9.47 Å². The number of phenols is 1. The summed E-state index contributed by atoms with van der Waals surface area (Å²) in [4.78, 5) is 23.3. The van der Waals surface area contributed by atoms with Crippen molar-refractivity contribution in [3.05, 3.63) is 35.4 Å². The zero-order valence-electron chi connectivity index (χ0n) is 12.6. The number of Topliss-reactive ketones (excluding diaryl/α,β-unsaturated/α-hetero) is 1. The number of hydrogen-bond donors (Lipinski definition) is 1. The molecule has 5 heteroatoms. The highest BCUT2D eigenvalue weighted by molar-refractivity contribution is 6.07. The molecule has 0 fully saturated rings. The lowest BCUT2D eigenvalue weighted by molar-refractivity contribution is -0.118. The molecule has 1 aromatic rings. The van der Waals surface area contributed by atoms with Crippen LogP contribution in [-0.4, -0.2) is 30.9 Å². The van der Waals surface area contributed by atoms with Crippen LogP contribution >= 0.6 is 0 Å². The number of methoxy groups -OCH3 is 2. The van der Waals surface area contributed by atoms with Crippen LogP contribution in [0.2, 0.25) is 0 Å². The molecule has 0 heterocycles. The zero-order chi connectivity index (χ0) is 16.1. The fourth-order valence-corrected chi connectivity index (χ4v) is 2.29. The molecule has 0 amide bonds. The Morgan fingerprint density at radius 2 is 1.82 bits per heavy atom. The first-order chi connectivity index (χ1) is 10.5. The van der Waals surface area contributed by atoms with Gasteiger partial charge in [0.05, 0.1) is 19.8 Å². The van der Waals surface area contributed by atoms with E-state index in [2.05, 4.69) is 0 Å². The monoisotopic (exact) mass is 302 g/mol. The summed E-state index contributed by atoms with van der Waals surface area (Å²) in [6.45, 7) is 0. The van der Waals surface area contributed by atoms with Crippen LogP contribution in [0, 0.1) is 0 Å². The molecule has 0 saturated heterocycles. The maximum Gasteiger partial charge on any atom is 0.181 e. The highest BCUT2D eigenvalue weighted by Gasteiger charge is 2.15. The van der Waals surface area contributed by atoms with Gasteiger partial charge in [0.1, 0.15) is 23.0 Å². The molecule has 0 aliphatic heterocycles. The Morgan fingerprint density at radius 1 is 1.18 bits per heavy atom. The standard InChI is InChI=1S/C17H18O5/c1-21-16-9-13(19)10-17(22-2)14(16)7-8-15(20)11-3-5-12(18)6-4-11/h3,7-10,19H,4-6H2,1-2H3. The Morgan fingerprint density at radius 3 is 2.32 bits per heavy atom. The van der Waals surface area contributed by atoms with Gasteiger partial charge in [-0.3, -0.25) is 9.59 Å². The van der Waals surface area contributed by atoms with E-state index in [1.54, 1.807) is 12.2 Å². The van der Waals surface area contributed by atoms with Crippen LogP contribution in [0.15, 0.2) is 29.9 Å². The summed E-state index contributed by atoms with van der Waals surface area (Å²) < 4.78 is 10.4. The molecule has 0 saturated carbocycles. The molecule has 0 bridgehead atoms. The molecule has 116 valence electrons. The second kappa shape index (κ2) is 6.93. The third-order valence-electron chi connectivity index (χ3n) is 3.50. The highest BCUT2D eigenvalue weighted by atomic mass is 16.5. The summed E-state index contributed by atoms with van der Waals surface area (Å²) in [5.41, 5.74) is 1.22. The van der Waals surface area contributed by atoms with Gasteiger partial charge < -0.3 is 14.6 Å². The van der Waals surface area contributed by atoms with E-state index < -0.39 is 0 Å². The van der Waals surface area contributed by atoms with Crippen molar-refractivity contribution in [1.82, 2.24) is 0 Å². The van der Waals surface area contributed by atoms with E-state index in [0.717, 1.165) is 0 Å². The van der Waals surface area contributed by atoms with Crippen LogP contribution in [0.4, 0.5) is 0 Å². The summed E-state index contributed by atoms with van der Waals surface area (Å²) in [5.74, 6) is 0.861. The first-order valence-electron chi connectivity index (χ1n) is 6.93. The Kier molecular flexibility index (Phi) is 4.99. The maximum absolute atomic E-state index is 12.1. The fraction of sp³-hybridized carbons (Fsp3) is 0.294. The van der Waals surface area contributed by atoms with Crippen molar-refractivity contribution in [2.75, 3.05) is 14.2 Å². The number of rotatable bonds is 5. The zero-order valence-corrected chi connectivity index (χ0v) is 12.6. The summed E-state index contributed by atoms with van der Waals surface area (Å²) in [5, 5.41) is 9.59. The van der Waals surface area contributed by atoms with Gasteiger partial charge in [0, 0.05) is 25.0 Å². The molecule has 0 spiro atoms. The van der Waals surface area contributed by atoms with Gasteiger partial charge in [0.15, 0.2) is 5.78 Å². The molecule has 0 atom stereocenters. The summed E-state index contributed by atoms with van der Waals surface area (Å²) in [6, 6.07) is 2.90. The van der Waals surface area contributed by atoms with Gasteiger partial charge >= 0.3 is 0 Å². The normalized spacial score (nSPS) is 14.8. The topological polar surface area (TPSA) is 72.8 Å². The first kappa shape index (κ1) is 15.8. The van der Waals surface area contributed by atoms with E-state index >= 15 is 0 Å². The van der Waals surface area contributed by atoms with Gasteiger partial charge in [-0.2, -0.15) is 0 Å². The average Bonchev–Trinajstić information content (AvgIpc) is 2.53. The second-order valence-corrected chi connectivity index (χ2v) is 4.93. The van der Waals surface area contributed by atoms with E-state index in [0.29, 0.717) is 41.9 Å². The third kappa shape index (κ3) is 3.55. The van der Waals surface area contributed by atoms with E-state index in [9.17, 15) is 14.7 Å². The third-order valence-corrected chi connectivity index (χ3v) is 3.50.